The largest absolute Gasteiger partial charge is 0.464 e. The normalized spacial score (nSPS) is 12.2. The number of aliphatic hydroxyl groups excluding tert-OH is 1. The first-order chi connectivity index (χ1) is 12.2. The molecule has 1 amide bonds. The van der Waals surface area contributed by atoms with E-state index in [1.54, 1.807) is 57.2 Å². The van der Waals surface area contributed by atoms with Gasteiger partial charge in [0.25, 0.3) is 0 Å². The van der Waals surface area contributed by atoms with Crippen molar-refractivity contribution >= 4 is 17.7 Å². The summed E-state index contributed by atoms with van der Waals surface area (Å²) in [5.74, 6) is -0.573. The van der Waals surface area contributed by atoms with Crippen molar-refractivity contribution in [3.8, 4) is 0 Å². The zero-order chi connectivity index (χ0) is 19.3. The molecular formula is C19H22N2O5. The lowest BCUT2D eigenvalue weighted by atomic mass is 10.1. The molecule has 1 heterocycles. The van der Waals surface area contributed by atoms with E-state index in [-0.39, 0.29) is 5.69 Å². The van der Waals surface area contributed by atoms with Crippen LogP contribution >= 0.6 is 0 Å². The SMILES string of the molecule is COC(=O)c1cccc(C(O)c2ccc(NC(=O)OC(C)(C)C)cc2)n1. The summed E-state index contributed by atoms with van der Waals surface area (Å²) >= 11 is 0. The van der Waals surface area contributed by atoms with E-state index in [0.717, 1.165) is 0 Å². The number of pyridine rings is 1. The molecule has 2 aromatic rings. The Balaban J connectivity index is 2.10. The molecule has 1 aromatic heterocycles. The maximum Gasteiger partial charge on any atom is 0.412 e. The number of hydrogen-bond donors (Lipinski definition) is 2. The molecule has 0 aliphatic heterocycles. The summed E-state index contributed by atoms with van der Waals surface area (Å²) in [5, 5.41) is 13.1. The number of rotatable bonds is 4. The second-order valence-corrected chi connectivity index (χ2v) is 6.59. The van der Waals surface area contributed by atoms with Crippen molar-refractivity contribution in [3.05, 3.63) is 59.4 Å². The van der Waals surface area contributed by atoms with E-state index in [2.05, 4.69) is 15.0 Å². The van der Waals surface area contributed by atoms with E-state index in [4.69, 9.17) is 4.74 Å². The van der Waals surface area contributed by atoms with Crippen LogP contribution in [-0.4, -0.2) is 34.9 Å². The summed E-state index contributed by atoms with van der Waals surface area (Å²) in [6.45, 7) is 5.34. The van der Waals surface area contributed by atoms with Crippen molar-refractivity contribution in [3.63, 3.8) is 0 Å². The third kappa shape index (κ3) is 5.29. The molecule has 0 aliphatic carbocycles. The zero-order valence-corrected chi connectivity index (χ0v) is 15.1. The summed E-state index contributed by atoms with van der Waals surface area (Å²) in [7, 11) is 1.27. The number of methoxy groups -OCH3 is 1. The molecule has 0 saturated heterocycles. The molecule has 0 aliphatic rings. The van der Waals surface area contributed by atoms with Crippen LogP contribution in [0.4, 0.5) is 10.5 Å². The molecule has 0 bridgehead atoms. The number of anilines is 1. The van der Waals surface area contributed by atoms with Crippen molar-refractivity contribution < 1.29 is 24.2 Å². The quantitative estimate of drug-likeness (QED) is 0.814. The van der Waals surface area contributed by atoms with Crippen molar-refractivity contribution in [2.75, 3.05) is 12.4 Å². The molecule has 0 fully saturated rings. The third-order valence-electron chi connectivity index (χ3n) is 3.32. The van der Waals surface area contributed by atoms with Gasteiger partial charge in [0.1, 0.15) is 17.4 Å². The highest BCUT2D eigenvalue weighted by Crippen LogP contribution is 2.22. The van der Waals surface area contributed by atoms with Crippen LogP contribution in [0.5, 0.6) is 0 Å². The minimum absolute atomic E-state index is 0.118. The maximum absolute atomic E-state index is 11.8. The molecule has 0 spiro atoms. The van der Waals surface area contributed by atoms with Gasteiger partial charge in [-0.2, -0.15) is 0 Å². The monoisotopic (exact) mass is 358 g/mol. The number of nitrogens with one attached hydrogen (secondary N) is 1. The minimum Gasteiger partial charge on any atom is -0.464 e. The van der Waals surface area contributed by atoms with E-state index in [0.29, 0.717) is 16.9 Å². The number of amides is 1. The zero-order valence-electron chi connectivity index (χ0n) is 15.1. The highest BCUT2D eigenvalue weighted by molar-refractivity contribution is 5.87. The molecule has 0 saturated carbocycles. The number of aromatic nitrogens is 1. The summed E-state index contributed by atoms with van der Waals surface area (Å²) in [6, 6.07) is 11.4. The maximum atomic E-state index is 11.8. The van der Waals surface area contributed by atoms with Gasteiger partial charge in [-0.15, -0.1) is 0 Å². The van der Waals surface area contributed by atoms with Crippen molar-refractivity contribution in [1.82, 2.24) is 4.98 Å². The van der Waals surface area contributed by atoms with E-state index >= 15 is 0 Å². The summed E-state index contributed by atoms with van der Waals surface area (Å²) < 4.78 is 9.81. The summed E-state index contributed by atoms with van der Waals surface area (Å²) in [4.78, 5) is 27.4. The van der Waals surface area contributed by atoms with Gasteiger partial charge in [-0.3, -0.25) is 5.32 Å². The predicted molar refractivity (Wildman–Crippen MR) is 95.9 cm³/mol. The average Bonchev–Trinajstić information content (AvgIpc) is 2.59. The summed E-state index contributed by atoms with van der Waals surface area (Å²) in [5.41, 5.74) is 0.949. The molecule has 1 unspecified atom stereocenters. The second-order valence-electron chi connectivity index (χ2n) is 6.59. The fraction of sp³-hybridized carbons (Fsp3) is 0.316. The van der Waals surface area contributed by atoms with Gasteiger partial charge in [0, 0.05) is 5.69 Å². The van der Waals surface area contributed by atoms with Gasteiger partial charge >= 0.3 is 12.1 Å². The number of carbonyl (C=O) groups excluding carboxylic acids is 2. The number of nitrogens with zero attached hydrogens (tertiary/aromatic N) is 1. The van der Waals surface area contributed by atoms with Gasteiger partial charge in [-0.25, -0.2) is 14.6 Å². The van der Waals surface area contributed by atoms with E-state index < -0.39 is 23.8 Å². The van der Waals surface area contributed by atoms with Crippen molar-refractivity contribution in [2.45, 2.75) is 32.5 Å². The van der Waals surface area contributed by atoms with Crippen LogP contribution in [0.3, 0.4) is 0 Å². The van der Waals surface area contributed by atoms with Crippen LogP contribution in [0.2, 0.25) is 0 Å². The first kappa shape index (κ1) is 19.4. The molecule has 2 N–H and O–H groups in total. The highest BCUT2D eigenvalue weighted by atomic mass is 16.6. The number of ether oxygens (including phenoxy) is 2. The first-order valence-electron chi connectivity index (χ1n) is 8.03. The average molecular weight is 358 g/mol. The van der Waals surface area contributed by atoms with Crippen LogP contribution < -0.4 is 5.32 Å². The van der Waals surface area contributed by atoms with E-state index in [1.807, 2.05) is 0 Å². The van der Waals surface area contributed by atoms with Crippen molar-refractivity contribution in [2.24, 2.45) is 0 Å². The molecule has 26 heavy (non-hydrogen) atoms. The van der Waals surface area contributed by atoms with E-state index in [9.17, 15) is 14.7 Å². The fourth-order valence-corrected chi connectivity index (χ4v) is 2.16. The number of hydrogen-bond acceptors (Lipinski definition) is 6. The van der Waals surface area contributed by atoms with Crippen LogP contribution in [0.1, 0.15) is 48.6 Å². The Bertz CT molecular complexity index is 781. The van der Waals surface area contributed by atoms with Gasteiger partial charge in [-0.05, 0) is 50.6 Å². The fourth-order valence-electron chi connectivity index (χ4n) is 2.16. The summed E-state index contributed by atoms with van der Waals surface area (Å²) in [6.07, 6.45) is -1.58. The van der Waals surface area contributed by atoms with Gasteiger partial charge in [-0.1, -0.05) is 18.2 Å². The van der Waals surface area contributed by atoms with Crippen LogP contribution in [0, 0.1) is 0 Å². The number of benzene rings is 1. The highest BCUT2D eigenvalue weighted by Gasteiger charge is 2.17. The van der Waals surface area contributed by atoms with Gasteiger partial charge in [0.05, 0.1) is 12.8 Å². The van der Waals surface area contributed by atoms with Crippen LogP contribution in [0.25, 0.3) is 0 Å². The smallest absolute Gasteiger partial charge is 0.412 e. The molecule has 2 rings (SSSR count). The number of esters is 1. The van der Waals surface area contributed by atoms with Crippen LogP contribution in [-0.2, 0) is 9.47 Å². The molecule has 0 radical (unpaired) electrons. The Hall–Kier alpha value is -2.93. The molecular weight excluding hydrogens is 336 g/mol. The van der Waals surface area contributed by atoms with E-state index in [1.165, 1.54) is 13.2 Å². The lowest BCUT2D eigenvalue weighted by Gasteiger charge is -2.19. The lowest BCUT2D eigenvalue weighted by molar-refractivity contribution is 0.0591. The van der Waals surface area contributed by atoms with Gasteiger partial charge in [0.15, 0.2) is 0 Å². The van der Waals surface area contributed by atoms with Crippen LogP contribution in [0.15, 0.2) is 42.5 Å². The third-order valence-corrected chi connectivity index (χ3v) is 3.32. The molecule has 138 valence electrons. The molecule has 7 nitrogen and oxygen atoms in total. The van der Waals surface area contributed by atoms with Gasteiger partial charge < -0.3 is 14.6 Å². The second kappa shape index (κ2) is 7.97. The lowest BCUT2D eigenvalue weighted by Crippen LogP contribution is -2.27. The predicted octanol–water partition coefficient (Wildman–Crippen LogP) is 3.30. The molecule has 7 heteroatoms. The standard InChI is InChI=1S/C19H22N2O5/c1-19(2,3)26-18(24)20-13-10-8-12(9-11-13)16(22)14-6-5-7-15(21-14)17(23)25-4/h5-11,16,22H,1-4H3,(H,20,24). The first-order valence-corrected chi connectivity index (χ1v) is 8.03. The minimum atomic E-state index is -1.02. The molecule has 1 atom stereocenters. The van der Waals surface area contributed by atoms with Crippen molar-refractivity contribution in [1.29, 1.82) is 0 Å². The Morgan fingerprint density at radius 1 is 1.12 bits per heavy atom. The van der Waals surface area contributed by atoms with Gasteiger partial charge in [0.2, 0.25) is 0 Å². The molecule has 1 aromatic carbocycles. The Morgan fingerprint density at radius 2 is 1.77 bits per heavy atom. The Morgan fingerprint density at radius 3 is 2.35 bits per heavy atom. The topological polar surface area (TPSA) is 97.8 Å². The Kier molecular flexibility index (Phi) is 5.94. The number of carbonyl (C=O) groups is 2. The Labute approximate surface area is 152 Å². The number of aliphatic hydroxyl groups is 1.